The van der Waals surface area contributed by atoms with Crippen LogP contribution in [0.1, 0.15) is 23.9 Å². The van der Waals surface area contributed by atoms with Gasteiger partial charge in [0.05, 0.1) is 12.5 Å². The molecular formula is C19H23N5O2. The smallest absolute Gasteiger partial charge is 0.228 e. The van der Waals surface area contributed by atoms with Gasteiger partial charge in [0.15, 0.2) is 0 Å². The average molecular weight is 353 g/mol. The molecule has 2 atom stereocenters. The first-order valence-corrected chi connectivity index (χ1v) is 8.87. The van der Waals surface area contributed by atoms with Crippen molar-refractivity contribution in [2.24, 2.45) is 7.05 Å². The van der Waals surface area contributed by atoms with Crippen molar-refractivity contribution in [3.8, 4) is 0 Å². The van der Waals surface area contributed by atoms with E-state index in [0.717, 1.165) is 28.8 Å². The summed E-state index contributed by atoms with van der Waals surface area (Å²) in [4.78, 5) is 18.8. The standard InChI is InChI=1S/C19H23N5O2/c1-23(11-17-15(7-8-26-17)19-20-12-21-22-19)18(25)10-14-9-13-5-3-4-6-16(13)24(14)2/h3-6,9,12,15,17H,7-8,10-11H2,1-2H3,(H,20,21,22)/t15-,17-/m1/s1. The lowest BCUT2D eigenvalue weighted by Gasteiger charge is -2.24. The molecule has 0 spiro atoms. The van der Waals surface area contributed by atoms with Crippen LogP contribution in [0.3, 0.4) is 0 Å². The lowest BCUT2D eigenvalue weighted by molar-refractivity contribution is -0.130. The molecule has 26 heavy (non-hydrogen) atoms. The third-order valence-corrected chi connectivity index (χ3v) is 5.26. The predicted molar refractivity (Wildman–Crippen MR) is 97.7 cm³/mol. The number of hydrogen-bond donors (Lipinski definition) is 1. The summed E-state index contributed by atoms with van der Waals surface area (Å²) in [6.45, 7) is 1.23. The van der Waals surface area contributed by atoms with Crippen LogP contribution in [0.4, 0.5) is 0 Å². The number of carbonyl (C=O) groups excluding carboxylic acids is 1. The minimum Gasteiger partial charge on any atom is -0.376 e. The monoisotopic (exact) mass is 353 g/mol. The Morgan fingerprint density at radius 2 is 2.27 bits per heavy atom. The molecule has 1 aromatic carbocycles. The van der Waals surface area contributed by atoms with Crippen LogP contribution in [0.15, 0.2) is 36.7 Å². The highest BCUT2D eigenvalue weighted by atomic mass is 16.5. The Kier molecular flexibility index (Phi) is 4.46. The Labute approximate surface area is 152 Å². The van der Waals surface area contributed by atoms with Gasteiger partial charge in [0.2, 0.25) is 5.91 Å². The Hall–Kier alpha value is -2.67. The van der Waals surface area contributed by atoms with Crippen LogP contribution in [0.25, 0.3) is 10.9 Å². The Morgan fingerprint density at radius 1 is 1.42 bits per heavy atom. The van der Waals surface area contributed by atoms with E-state index in [9.17, 15) is 4.79 Å². The zero-order chi connectivity index (χ0) is 18.1. The zero-order valence-corrected chi connectivity index (χ0v) is 15.1. The number of nitrogens with zero attached hydrogens (tertiary/aromatic N) is 4. The largest absolute Gasteiger partial charge is 0.376 e. The van der Waals surface area contributed by atoms with E-state index in [0.29, 0.717) is 19.6 Å². The van der Waals surface area contributed by atoms with E-state index in [4.69, 9.17) is 4.74 Å². The Balaban J connectivity index is 1.43. The van der Waals surface area contributed by atoms with Gasteiger partial charge in [0.25, 0.3) is 0 Å². The molecule has 1 saturated heterocycles. The fourth-order valence-corrected chi connectivity index (χ4v) is 3.71. The average Bonchev–Trinajstić information content (AvgIpc) is 3.36. The van der Waals surface area contributed by atoms with Crippen LogP contribution in [0.2, 0.25) is 0 Å². The number of benzene rings is 1. The first kappa shape index (κ1) is 16.8. The summed E-state index contributed by atoms with van der Waals surface area (Å²) < 4.78 is 7.93. The number of aryl methyl sites for hydroxylation is 1. The van der Waals surface area contributed by atoms with E-state index in [2.05, 4.69) is 37.9 Å². The first-order chi connectivity index (χ1) is 12.6. The maximum atomic E-state index is 12.7. The van der Waals surface area contributed by atoms with Crippen molar-refractivity contribution in [2.75, 3.05) is 20.2 Å². The van der Waals surface area contributed by atoms with Crippen molar-refractivity contribution in [2.45, 2.75) is 24.9 Å². The number of ether oxygens (including phenoxy) is 1. The number of fused-ring (bicyclic) bond motifs is 1. The minimum absolute atomic E-state index is 0.0515. The lowest BCUT2D eigenvalue weighted by Crippen LogP contribution is -2.37. The molecule has 0 unspecified atom stereocenters. The summed E-state index contributed by atoms with van der Waals surface area (Å²) in [6.07, 6.45) is 2.73. The molecule has 1 N–H and O–H groups in total. The van der Waals surface area contributed by atoms with Crippen molar-refractivity contribution >= 4 is 16.8 Å². The van der Waals surface area contributed by atoms with Crippen LogP contribution in [0.5, 0.6) is 0 Å². The van der Waals surface area contributed by atoms with Gasteiger partial charge in [-0.15, -0.1) is 0 Å². The first-order valence-electron chi connectivity index (χ1n) is 8.87. The molecule has 0 bridgehead atoms. The van der Waals surface area contributed by atoms with Crippen LogP contribution >= 0.6 is 0 Å². The van der Waals surface area contributed by atoms with Gasteiger partial charge in [-0.1, -0.05) is 18.2 Å². The molecule has 1 aliphatic heterocycles. The van der Waals surface area contributed by atoms with E-state index in [1.807, 2.05) is 26.2 Å². The summed E-state index contributed by atoms with van der Waals surface area (Å²) >= 11 is 0. The number of H-pyrrole nitrogens is 1. The van der Waals surface area contributed by atoms with Crippen LogP contribution in [0, 0.1) is 0 Å². The predicted octanol–water partition coefficient (Wildman–Crippen LogP) is 1.87. The molecule has 7 heteroatoms. The van der Waals surface area contributed by atoms with E-state index in [1.165, 1.54) is 6.33 Å². The molecule has 4 rings (SSSR count). The number of aromatic nitrogens is 4. The molecule has 3 heterocycles. The molecule has 0 saturated carbocycles. The summed E-state index contributed by atoms with van der Waals surface area (Å²) in [6, 6.07) is 10.3. The second-order valence-electron chi connectivity index (χ2n) is 6.88. The summed E-state index contributed by atoms with van der Waals surface area (Å²) in [5, 5.41) is 8.01. The number of rotatable bonds is 5. The van der Waals surface area contributed by atoms with Crippen LogP contribution < -0.4 is 0 Å². The summed E-state index contributed by atoms with van der Waals surface area (Å²) in [5.41, 5.74) is 2.16. The maximum absolute atomic E-state index is 12.7. The van der Waals surface area contributed by atoms with Crippen molar-refractivity contribution in [3.05, 3.63) is 48.2 Å². The van der Waals surface area contributed by atoms with Gasteiger partial charge in [-0.25, -0.2) is 4.98 Å². The topological polar surface area (TPSA) is 76.0 Å². The van der Waals surface area contributed by atoms with E-state index >= 15 is 0 Å². The quantitative estimate of drug-likeness (QED) is 0.760. The number of carbonyl (C=O) groups is 1. The molecule has 1 fully saturated rings. The number of aromatic amines is 1. The molecular weight excluding hydrogens is 330 g/mol. The van der Waals surface area contributed by atoms with Gasteiger partial charge in [0.1, 0.15) is 12.2 Å². The number of amides is 1. The lowest BCUT2D eigenvalue weighted by atomic mass is 10.0. The van der Waals surface area contributed by atoms with Gasteiger partial charge in [-0.05, 0) is 23.9 Å². The highest BCUT2D eigenvalue weighted by molar-refractivity contribution is 5.84. The second-order valence-corrected chi connectivity index (χ2v) is 6.88. The third-order valence-electron chi connectivity index (χ3n) is 5.26. The second kappa shape index (κ2) is 6.92. The molecule has 1 amide bonds. The van der Waals surface area contributed by atoms with Gasteiger partial charge in [-0.2, -0.15) is 5.10 Å². The zero-order valence-electron chi connectivity index (χ0n) is 15.1. The SMILES string of the molecule is CN(C[C@H]1OCC[C@H]1c1ncn[nH]1)C(=O)Cc1cc2ccccc2n1C. The molecule has 136 valence electrons. The van der Waals surface area contributed by atoms with Gasteiger partial charge in [0, 0.05) is 44.4 Å². The van der Waals surface area contributed by atoms with Crippen molar-refractivity contribution in [3.63, 3.8) is 0 Å². The highest BCUT2D eigenvalue weighted by Gasteiger charge is 2.33. The van der Waals surface area contributed by atoms with Crippen molar-refractivity contribution in [1.29, 1.82) is 0 Å². The van der Waals surface area contributed by atoms with Crippen molar-refractivity contribution in [1.82, 2.24) is 24.6 Å². The molecule has 1 aliphatic rings. The van der Waals surface area contributed by atoms with E-state index in [-0.39, 0.29) is 17.9 Å². The van der Waals surface area contributed by atoms with Gasteiger partial charge < -0.3 is 14.2 Å². The van der Waals surface area contributed by atoms with E-state index < -0.39 is 0 Å². The Bertz CT molecular complexity index is 902. The summed E-state index contributed by atoms with van der Waals surface area (Å²) in [7, 11) is 3.84. The number of para-hydroxylation sites is 1. The van der Waals surface area contributed by atoms with E-state index in [1.54, 1.807) is 4.90 Å². The number of likely N-dealkylation sites (N-methyl/N-ethyl adjacent to an activating group) is 1. The fraction of sp³-hybridized carbons (Fsp3) is 0.421. The molecule has 7 nitrogen and oxygen atoms in total. The fourth-order valence-electron chi connectivity index (χ4n) is 3.71. The van der Waals surface area contributed by atoms with Gasteiger partial charge >= 0.3 is 0 Å². The Morgan fingerprint density at radius 3 is 3.04 bits per heavy atom. The van der Waals surface area contributed by atoms with Crippen LogP contribution in [-0.4, -0.2) is 56.9 Å². The molecule has 0 radical (unpaired) electrons. The molecule has 0 aliphatic carbocycles. The molecule has 3 aromatic rings. The minimum atomic E-state index is -0.0515. The number of nitrogens with one attached hydrogen (secondary N) is 1. The normalized spacial score (nSPS) is 19.9. The van der Waals surface area contributed by atoms with Crippen LogP contribution in [-0.2, 0) is 23.0 Å². The molecule has 2 aromatic heterocycles. The van der Waals surface area contributed by atoms with Gasteiger partial charge in [-0.3, -0.25) is 9.89 Å². The van der Waals surface area contributed by atoms with Crippen molar-refractivity contribution < 1.29 is 9.53 Å². The summed E-state index contributed by atoms with van der Waals surface area (Å²) in [5.74, 6) is 1.08. The number of hydrogen-bond acceptors (Lipinski definition) is 4. The third kappa shape index (κ3) is 3.10. The highest BCUT2D eigenvalue weighted by Crippen LogP contribution is 2.29. The maximum Gasteiger partial charge on any atom is 0.228 e.